The van der Waals surface area contributed by atoms with Crippen molar-refractivity contribution in [3.8, 4) is 0 Å². The highest BCUT2D eigenvalue weighted by Crippen LogP contribution is 2.31. The van der Waals surface area contributed by atoms with Gasteiger partial charge in [0.05, 0.1) is 4.92 Å². The molecule has 0 bridgehead atoms. The van der Waals surface area contributed by atoms with Crippen LogP contribution in [0.3, 0.4) is 0 Å². The Morgan fingerprint density at radius 3 is 2.80 bits per heavy atom. The summed E-state index contributed by atoms with van der Waals surface area (Å²) in [6, 6.07) is 10.1. The number of nitro groups is 1. The third kappa shape index (κ3) is 3.90. The van der Waals surface area contributed by atoms with Gasteiger partial charge in [0.25, 0.3) is 5.69 Å². The summed E-state index contributed by atoms with van der Waals surface area (Å²) in [6.07, 6.45) is 1.66. The molecule has 0 radical (unpaired) electrons. The first-order chi connectivity index (χ1) is 9.54. The molecule has 8 heteroatoms. The molecular formula is C12H10N4O2S2. The maximum absolute atomic E-state index is 10.9. The Labute approximate surface area is 124 Å². The Balaban J connectivity index is 2.34. The highest BCUT2D eigenvalue weighted by Gasteiger charge is 2.11. The molecule has 2 aromatic rings. The van der Waals surface area contributed by atoms with E-state index < -0.39 is 4.92 Å². The average Bonchev–Trinajstić information content (AvgIpc) is 2.38. The molecule has 1 heterocycles. The maximum Gasteiger partial charge on any atom is 0.272 e. The minimum absolute atomic E-state index is 0.0373. The van der Waals surface area contributed by atoms with Gasteiger partial charge in [-0.25, -0.2) is 4.98 Å². The standard InChI is InChI=1S/C12H10N4O2S2/c13-12(19)15-8-5-9(16(17)18)7-10(6-8)20-11-3-1-2-4-14-11/h1-7H,(H3,13,15,19). The van der Waals surface area contributed by atoms with E-state index in [1.807, 2.05) is 12.1 Å². The van der Waals surface area contributed by atoms with Crippen molar-refractivity contribution in [2.45, 2.75) is 9.92 Å². The summed E-state index contributed by atoms with van der Waals surface area (Å²) in [6.45, 7) is 0. The molecule has 1 aromatic heterocycles. The van der Waals surface area contributed by atoms with Crippen molar-refractivity contribution in [2.75, 3.05) is 5.32 Å². The largest absolute Gasteiger partial charge is 0.376 e. The van der Waals surface area contributed by atoms with Gasteiger partial charge in [0.1, 0.15) is 5.03 Å². The number of non-ortho nitro benzene ring substituents is 1. The van der Waals surface area contributed by atoms with Crippen LogP contribution in [-0.4, -0.2) is 15.0 Å². The topological polar surface area (TPSA) is 94.1 Å². The Kier molecular flexibility index (Phi) is 4.49. The predicted octanol–water partition coefficient (Wildman–Crippen LogP) is 2.80. The van der Waals surface area contributed by atoms with Gasteiger partial charge < -0.3 is 11.1 Å². The van der Waals surface area contributed by atoms with Crippen LogP contribution in [0, 0.1) is 10.1 Å². The normalized spacial score (nSPS) is 10.0. The van der Waals surface area contributed by atoms with Crippen LogP contribution >= 0.6 is 24.0 Å². The van der Waals surface area contributed by atoms with Crippen molar-refractivity contribution >= 4 is 40.5 Å². The van der Waals surface area contributed by atoms with E-state index in [1.165, 1.54) is 23.9 Å². The second kappa shape index (κ2) is 6.31. The number of anilines is 1. The first-order valence-corrected chi connectivity index (χ1v) is 6.72. The van der Waals surface area contributed by atoms with Gasteiger partial charge in [-0.3, -0.25) is 10.1 Å². The third-order valence-electron chi connectivity index (χ3n) is 2.23. The summed E-state index contributed by atoms with van der Waals surface area (Å²) in [5, 5.41) is 14.4. The number of nitro benzene ring substituents is 1. The van der Waals surface area contributed by atoms with E-state index in [4.69, 9.17) is 18.0 Å². The lowest BCUT2D eigenvalue weighted by molar-refractivity contribution is -0.385. The molecule has 20 heavy (non-hydrogen) atoms. The lowest BCUT2D eigenvalue weighted by Crippen LogP contribution is -2.18. The molecule has 0 unspecified atom stereocenters. The van der Waals surface area contributed by atoms with Crippen molar-refractivity contribution < 1.29 is 4.92 Å². The van der Waals surface area contributed by atoms with Crippen LogP contribution in [-0.2, 0) is 0 Å². The number of hydrogen-bond donors (Lipinski definition) is 2. The van der Waals surface area contributed by atoms with E-state index >= 15 is 0 Å². The van der Waals surface area contributed by atoms with Crippen LogP contribution in [0.25, 0.3) is 0 Å². The number of aromatic nitrogens is 1. The van der Waals surface area contributed by atoms with Crippen molar-refractivity contribution in [3.05, 3.63) is 52.7 Å². The second-order valence-electron chi connectivity index (χ2n) is 3.73. The van der Waals surface area contributed by atoms with Gasteiger partial charge in [0.15, 0.2) is 5.11 Å². The maximum atomic E-state index is 10.9. The van der Waals surface area contributed by atoms with Gasteiger partial charge in [0, 0.05) is 28.9 Å². The van der Waals surface area contributed by atoms with Gasteiger partial charge in [-0.1, -0.05) is 17.8 Å². The Morgan fingerprint density at radius 2 is 2.20 bits per heavy atom. The van der Waals surface area contributed by atoms with Crippen LogP contribution in [0.5, 0.6) is 0 Å². The second-order valence-corrected chi connectivity index (χ2v) is 5.27. The zero-order valence-corrected chi connectivity index (χ0v) is 11.8. The van der Waals surface area contributed by atoms with Gasteiger partial charge in [0.2, 0.25) is 0 Å². The molecule has 0 aliphatic carbocycles. The molecular weight excluding hydrogens is 296 g/mol. The smallest absolute Gasteiger partial charge is 0.272 e. The number of nitrogens with two attached hydrogens (primary N) is 1. The number of nitrogens with zero attached hydrogens (tertiary/aromatic N) is 2. The first kappa shape index (κ1) is 14.2. The van der Waals surface area contributed by atoms with Crippen LogP contribution in [0.1, 0.15) is 0 Å². The minimum atomic E-state index is -0.465. The fourth-order valence-electron chi connectivity index (χ4n) is 1.49. The fraction of sp³-hybridized carbons (Fsp3) is 0. The minimum Gasteiger partial charge on any atom is -0.376 e. The van der Waals surface area contributed by atoms with Crippen molar-refractivity contribution in [3.63, 3.8) is 0 Å². The summed E-state index contributed by atoms with van der Waals surface area (Å²) < 4.78 is 0. The molecule has 0 saturated carbocycles. The zero-order valence-electron chi connectivity index (χ0n) is 10.1. The van der Waals surface area contributed by atoms with Gasteiger partial charge >= 0.3 is 0 Å². The van der Waals surface area contributed by atoms with E-state index in [0.717, 1.165) is 5.03 Å². The molecule has 2 rings (SSSR count). The lowest BCUT2D eigenvalue weighted by Gasteiger charge is -2.06. The SMILES string of the molecule is NC(=S)Nc1cc(Sc2ccccn2)cc([N+](=O)[O-])c1. The van der Waals surface area contributed by atoms with Crippen molar-refractivity contribution in [1.82, 2.24) is 4.98 Å². The zero-order chi connectivity index (χ0) is 14.5. The number of benzene rings is 1. The van der Waals surface area contributed by atoms with Gasteiger partial charge in [-0.05, 0) is 30.4 Å². The summed E-state index contributed by atoms with van der Waals surface area (Å²) in [5.74, 6) is 0. The van der Waals surface area contributed by atoms with Crippen LogP contribution in [0.4, 0.5) is 11.4 Å². The average molecular weight is 306 g/mol. The summed E-state index contributed by atoms with van der Waals surface area (Å²) in [4.78, 5) is 15.3. The molecule has 0 amide bonds. The number of thiocarbonyl (C=S) groups is 1. The van der Waals surface area contributed by atoms with E-state index in [1.54, 1.807) is 18.3 Å². The van der Waals surface area contributed by atoms with E-state index in [2.05, 4.69) is 10.3 Å². The Morgan fingerprint density at radius 1 is 1.40 bits per heavy atom. The number of pyridine rings is 1. The first-order valence-electron chi connectivity index (χ1n) is 5.49. The number of nitrogens with one attached hydrogen (secondary N) is 1. The van der Waals surface area contributed by atoms with Gasteiger partial charge in [-0.15, -0.1) is 0 Å². The Hall–Kier alpha value is -2.19. The van der Waals surface area contributed by atoms with Crippen LogP contribution in [0.2, 0.25) is 0 Å². The van der Waals surface area contributed by atoms with Gasteiger partial charge in [-0.2, -0.15) is 0 Å². The lowest BCUT2D eigenvalue weighted by atomic mass is 10.3. The summed E-state index contributed by atoms with van der Waals surface area (Å²) >= 11 is 6.06. The molecule has 0 aliphatic rings. The molecule has 6 nitrogen and oxygen atoms in total. The molecule has 0 aliphatic heterocycles. The van der Waals surface area contributed by atoms with Crippen molar-refractivity contribution in [1.29, 1.82) is 0 Å². The molecule has 3 N–H and O–H groups in total. The monoisotopic (exact) mass is 306 g/mol. The quantitative estimate of drug-likeness (QED) is 0.509. The fourth-order valence-corrected chi connectivity index (χ4v) is 2.48. The molecule has 0 spiro atoms. The molecule has 0 atom stereocenters. The molecule has 1 aromatic carbocycles. The van der Waals surface area contributed by atoms with Crippen LogP contribution in [0.15, 0.2) is 52.5 Å². The predicted molar refractivity (Wildman–Crippen MR) is 81.9 cm³/mol. The Bertz CT molecular complexity index is 649. The number of hydrogen-bond acceptors (Lipinski definition) is 5. The summed E-state index contributed by atoms with van der Waals surface area (Å²) in [7, 11) is 0. The molecule has 0 saturated heterocycles. The molecule has 102 valence electrons. The van der Waals surface area contributed by atoms with E-state index in [0.29, 0.717) is 10.6 Å². The highest BCUT2D eigenvalue weighted by atomic mass is 32.2. The van der Waals surface area contributed by atoms with E-state index in [9.17, 15) is 10.1 Å². The van der Waals surface area contributed by atoms with E-state index in [-0.39, 0.29) is 10.8 Å². The molecule has 0 fully saturated rings. The summed E-state index contributed by atoms with van der Waals surface area (Å²) in [5.41, 5.74) is 5.82. The van der Waals surface area contributed by atoms with Crippen LogP contribution < -0.4 is 11.1 Å². The van der Waals surface area contributed by atoms with Crippen molar-refractivity contribution in [2.24, 2.45) is 5.73 Å². The number of rotatable bonds is 4. The third-order valence-corrected chi connectivity index (χ3v) is 3.25. The highest BCUT2D eigenvalue weighted by molar-refractivity contribution is 7.99.